The Hall–Kier alpha value is -2.18. The zero-order chi connectivity index (χ0) is 22.9. The summed E-state index contributed by atoms with van der Waals surface area (Å²) in [5, 5.41) is 16.1. The van der Waals surface area contributed by atoms with E-state index in [1.54, 1.807) is 0 Å². The van der Waals surface area contributed by atoms with Crippen molar-refractivity contribution in [2.24, 2.45) is 0 Å². The summed E-state index contributed by atoms with van der Waals surface area (Å²) in [5.41, 5.74) is -1.58. The van der Waals surface area contributed by atoms with Crippen molar-refractivity contribution in [3.05, 3.63) is 37.6 Å². The van der Waals surface area contributed by atoms with Gasteiger partial charge in [0.05, 0.1) is 30.0 Å². The van der Waals surface area contributed by atoms with Crippen molar-refractivity contribution in [2.75, 3.05) is 31.4 Å². The number of halogens is 1. The molecule has 1 aliphatic rings. The van der Waals surface area contributed by atoms with Crippen LogP contribution in [-0.4, -0.2) is 50.9 Å². The maximum Gasteiger partial charge on any atom is 0.269 e. The Bertz CT molecular complexity index is 1140. The lowest BCUT2D eigenvalue weighted by molar-refractivity contribution is -0.0259. The zero-order valence-electron chi connectivity index (χ0n) is 17.3. The van der Waals surface area contributed by atoms with Gasteiger partial charge in [0.2, 0.25) is 0 Å². The lowest BCUT2D eigenvalue weighted by Gasteiger charge is -2.26. The van der Waals surface area contributed by atoms with Crippen molar-refractivity contribution in [1.82, 2.24) is 4.47 Å². The van der Waals surface area contributed by atoms with Gasteiger partial charge < -0.3 is 20.5 Å². The molecule has 3 N–H and O–H groups in total. The van der Waals surface area contributed by atoms with Gasteiger partial charge in [-0.25, -0.2) is 8.42 Å². The van der Waals surface area contributed by atoms with Crippen LogP contribution in [0, 0.1) is 0 Å². The first-order valence-electron chi connectivity index (χ1n) is 9.66. The third-order valence-electron chi connectivity index (χ3n) is 5.29. The molecule has 1 fully saturated rings. The Balaban J connectivity index is 1.94. The van der Waals surface area contributed by atoms with E-state index in [4.69, 9.17) is 21.2 Å². The number of hydrogen-bond donors (Lipinski definition) is 3. The van der Waals surface area contributed by atoms with Gasteiger partial charge in [0.1, 0.15) is 16.3 Å². The fourth-order valence-electron chi connectivity index (χ4n) is 3.47. The van der Waals surface area contributed by atoms with E-state index in [-0.39, 0.29) is 34.2 Å². The van der Waals surface area contributed by atoms with Crippen LogP contribution in [-0.2, 0) is 19.6 Å². The van der Waals surface area contributed by atoms with Crippen LogP contribution >= 0.6 is 11.6 Å². The Morgan fingerprint density at radius 2 is 2.00 bits per heavy atom. The van der Waals surface area contributed by atoms with Gasteiger partial charge in [0, 0.05) is 13.7 Å². The van der Waals surface area contributed by atoms with Crippen LogP contribution in [0.4, 0.5) is 17.1 Å². The average molecular weight is 474 g/mol. The van der Waals surface area contributed by atoms with Crippen LogP contribution in [0.3, 0.4) is 0 Å². The molecule has 2 aromatic carbocycles. The lowest BCUT2D eigenvalue weighted by Crippen LogP contribution is -2.42. The number of aromatic hydroxyl groups is 1. The number of rotatable bonds is 9. The van der Waals surface area contributed by atoms with Crippen LogP contribution in [0.5, 0.6) is 5.75 Å². The average Bonchev–Trinajstić information content (AvgIpc) is 3.28. The lowest BCUT2D eigenvalue weighted by atomic mass is 10.0. The highest BCUT2D eigenvalue weighted by Crippen LogP contribution is 2.40. The second-order valence-electron chi connectivity index (χ2n) is 7.11. The monoisotopic (exact) mass is 473 g/mol. The highest BCUT2D eigenvalue weighted by Gasteiger charge is 2.32. The Labute approximate surface area is 184 Å². The van der Waals surface area contributed by atoms with Crippen molar-refractivity contribution < 1.29 is 23.1 Å². The highest BCUT2D eigenvalue weighted by atomic mass is 35.5. The minimum absolute atomic E-state index is 0.0671. The molecule has 1 aliphatic heterocycles. The molecule has 1 heterocycles. The molecule has 0 aliphatic carbocycles. The molecule has 1 saturated heterocycles. The van der Waals surface area contributed by atoms with Crippen molar-refractivity contribution >= 4 is 38.7 Å². The quantitative estimate of drug-likeness (QED) is 0.283. The van der Waals surface area contributed by atoms with Gasteiger partial charge in [-0.3, -0.25) is 14.4 Å². The van der Waals surface area contributed by atoms with Gasteiger partial charge in [-0.1, -0.05) is 23.0 Å². The maximum absolute atomic E-state index is 12.6. The van der Waals surface area contributed by atoms with E-state index in [2.05, 4.69) is 10.6 Å². The second-order valence-corrected chi connectivity index (χ2v) is 9.39. The number of hydroxylamine groups is 1. The van der Waals surface area contributed by atoms with E-state index >= 15 is 0 Å². The number of phenolic OH excluding ortho intramolecular Hbond substituents is 1. The molecular formula is C19H24ClN3O7S. The number of benzene rings is 1. The van der Waals surface area contributed by atoms with Crippen molar-refractivity contribution in [3.8, 4) is 5.75 Å². The summed E-state index contributed by atoms with van der Waals surface area (Å²) in [6, 6.07) is 2.39. The summed E-state index contributed by atoms with van der Waals surface area (Å²) in [7, 11) is -2.00. The maximum atomic E-state index is 12.6. The smallest absolute Gasteiger partial charge is 0.269 e. The molecule has 2 atom stereocenters. The van der Waals surface area contributed by atoms with Crippen LogP contribution in [0.2, 0.25) is 5.02 Å². The summed E-state index contributed by atoms with van der Waals surface area (Å²) in [4.78, 5) is 28.5. The Morgan fingerprint density at radius 1 is 1.32 bits per heavy atom. The number of ether oxygens (including phenoxy) is 1. The number of nitrogens with one attached hydrogen (secondary N) is 2. The molecule has 170 valence electrons. The molecule has 0 radical (unpaired) electrons. The van der Waals surface area contributed by atoms with Crippen molar-refractivity contribution in [3.63, 3.8) is 0 Å². The molecule has 0 unspecified atom stereocenters. The summed E-state index contributed by atoms with van der Waals surface area (Å²) in [6.07, 6.45) is 2.36. The first kappa shape index (κ1) is 23.5. The summed E-state index contributed by atoms with van der Waals surface area (Å²) in [5.74, 6) is -0.707. The molecule has 12 heteroatoms. The molecule has 0 amide bonds. The molecule has 31 heavy (non-hydrogen) atoms. The van der Waals surface area contributed by atoms with E-state index in [1.165, 1.54) is 12.1 Å². The molecule has 0 spiro atoms. The van der Waals surface area contributed by atoms with Gasteiger partial charge >= 0.3 is 0 Å². The van der Waals surface area contributed by atoms with E-state index < -0.39 is 31.5 Å². The van der Waals surface area contributed by atoms with E-state index in [1.807, 2.05) is 6.92 Å². The van der Waals surface area contributed by atoms with Gasteiger partial charge in [0.15, 0.2) is 5.75 Å². The zero-order valence-corrected chi connectivity index (χ0v) is 18.8. The van der Waals surface area contributed by atoms with Crippen LogP contribution < -0.4 is 21.5 Å². The standard InChI is InChI=1S/C19H24ClN3O7S/c1-4-11(13-6-5-9-30-13)21-14-15(18(26)17(14)25)22-12-8-7-10(20)19(16(12)24)31(27,28)23(2)29-3/h7-8,11,13,21-22,24H,4-6,9H2,1-3H3/t11-,13+/m1/s1. The molecular weight excluding hydrogens is 450 g/mol. The Morgan fingerprint density at radius 3 is 2.58 bits per heavy atom. The third-order valence-corrected chi connectivity index (χ3v) is 7.47. The third kappa shape index (κ3) is 4.28. The van der Waals surface area contributed by atoms with Crippen molar-refractivity contribution in [2.45, 2.75) is 43.2 Å². The van der Waals surface area contributed by atoms with Crippen molar-refractivity contribution in [1.29, 1.82) is 0 Å². The van der Waals surface area contributed by atoms with E-state index in [9.17, 15) is 23.1 Å². The molecule has 0 aromatic heterocycles. The number of hydrogen-bond acceptors (Lipinski definition) is 9. The van der Waals surface area contributed by atoms with E-state index in [0.29, 0.717) is 17.5 Å². The molecule has 0 saturated carbocycles. The first-order valence-corrected chi connectivity index (χ1v) is 11.5. The van der Waals surface area contributed by atoms with Crippen LogP contribution in [0.25, 0.3) is 0 Å². The summed E-state index contributed by atoms with van der Waals surface area (Å²) < 4.78 is 31.4. The SMILES string of the molecule is CC[C@@H](Nc1c(Nc2ccc(Cl)c(S(=O)(=O)N(C)OC)c2O)c(=O)c1=O)[C@@H]1CCCO1. The first-order chi connectivity index (χ1) is 14.6. The minimum Gasteiger partial charge on any atom is -0.504 e. The minimum atomic E-state index is -4.28. The van der Waals surface area contributed by atoms with Gasteiger partial charge in [0.25, 0.3) is 20.9 Å². The van der Waals surface area contributed by atoms with Crippen LogP contribution in [0.15, 0.2) is 26.6 Å². The topological polar surface area (TPSA) is 134 Å². The summed E-state index contributed by atoms with van der Waals surface area (Å²) >= 11 is 6.00. The second kappa shape index (κ2) is 9.13. The molecule has 10 nitrogen and oxygen atoms in total. The predicted octanol–water partition coefficient (Wildman–Crippen LogP) is 1.94. The van der Waals surface area contributed by atoms with Gasteiger partial charge in [-0.2, -0.15) is 0 Å². The fourth-order valence-corrected chi connectivity index (χ4v) is 5.03. The fraction of sp³-hybridized carbons (Fsp3) is 0.474. The number of nitrogens with zero attached hydrogens (tertiary/aromatic N) is 1. The predicted molar refractivity (Wildman–Crippen MR) is 116 cm³/mol. The van der Waals surface area contributed by atoms with Gasteiger partial charge in [-0.15, -0.1) is 0 Å². The molecule has 0 bridgehead atoms. The normalized spacial score (nSPS) is 17.9. The largest absolute Gasteiger partial charge is 0.504 e. The number of sulfonamides is 1. The number of anilines is 3. The summed E-state index contributed by atoms with van der Waals surface area (Å²) in [6.45, 7) is 2.58. The highest BCUT2D eigenvalue weighted by molar-refractivity contribution is 7.89. The molecule has 2 aromatic rings. The molecule has 3 rings (SSSR count). The van der Waals surface area contributed by atoms with Crippen LogP contribution in [0.1, 0.15) is 26.2 Å². The number of phenols is 1. The van der Waals surface area contributed by atoms with Gasteiger partial charge in [-0.05, 0) is 31.4 Å². The Kier molecular flexibility index (Phi) is 6.92. The van der Waals surface area contributed by atoms with E-state index in [0.717, 1.165) is 27.0 Å².